The number of carbonyl (C=O) groups excluding carboxylic acids is 2. The summed E-state index contributed by atoms with van der Waals surface area (Å²) in [7, 11) is 0. The summed E-state index contributed by atoms with van der Waals surface area (Å²) in [4.78, 5) is 28.5. The van der Waals surface area contributed by atoms with Crippen LogP contribution in [0.4, 0.5) is 21.5 Å². The summed E-state index contributed by atoms with van der Waals surface area (Å²) >= 11 is 0. The van der Waals surface area contributed by atoms with Crippen LogP contribution in [0.3, 0.4) is 0 Å². The highest BCUT2D eigenvalue weighted by atomic mass is 19.1. The molecule has 4 rings (SSSR count). The lowest BCUT2D eigenvalue weighted by atomic mass is 10.1. The molecule has 2 amide bonds. The molecule has 2 fully saturated rings. The fraction of sp³-hybridized carbons (Fsp3) is 0.333. The first kappa shape index (κ1) is 18.4. The van der Waals surface area contributed by atoms with E-state index in [0.717, 1.165) is 18.8 Å². The normalized spacial score (nSPS) is 19.8. The smallest absolute Gasteiger partial charge is 0.229 e. The zero-order chi connectivity index (χ0) is 19.5. The Morgan fingerprint density at radius 1 is 1.07 bits per heavy atom. The number of carbonyl (C=O) groups is 2. The van der Waals surface area contributed by atoms with Crippen molar-refractivity contribution in [2.75, 3.05) is 48.0 Å². The molecule has 146 valence electrons. The van der Waals surface area contributed by atoms with Gasteiger partial charge in [-0.2, -0.15) is 0 Å². The molecule has 0 aliphatic carbocycles. The van der Waals surface area contributed by atoms with Crippen molar-refractivity contribution in [2.24, 2.45) is 5.92 Å². The van der Waals surface area contributed by atoms with Gasteiger partial charge in [0.15, 0.2) is 0 Å². The van der Waals surface area contributed by atoms with Crippen LogP contribution in [-0.2, 0) is 14.3 Å². The monoisotopic (exact) mass is 383 g/mol. The van der Waals surface area contributed by atoms with Crippen LogP contribution in [0.5, 0.6) is 0 Å². The Morgan fingerprint density at radius 3 is 2.50 bits per heavy atom. The number of para-hydroxylation sites is 1. The summed E-state index contributed by atoms with van der Waals surface area (Å²) in [6, 6.07) is 13.8. The van der Waals surface area contributed by atoms with Crippen molar-refractivity contribution in [3.05, 3.63) is 54.3 Å². The highest BCUT2D eigenvalue weighted by Gasteiger charge is 2.36. The van der Waals surface area contributed by atoms with Gasteiger partial charge < -0.3 is 19.9 Å². The molecule has 0 bridgehead atoms. The van der Waals surface area contributed by atoms with Crippen LogP contribution >= 0.6 is 0 Å². The molecular weight excluding hydrogens is 361 g/mol. The second kappa shape index (κ2) is 7.98. The average Bonchev–Trinajstić information content (AvgIpc) is 3.11. The Balaban J connectivity index is 1.39. The molecule has 1 atom stereocenters. The number of morpholine rings is 1. The molecule has 0 spiro atoms. The molecule has 7 heteroatoms. The van der Waals surface area contributed by atoms with Gasteiger partial charge in [0.2, 0.25) is 11.8 Å². The number of halogens is 1. The fourth-order valence-corrected chi connectivity index (χ4v) is 3.61. The molecule has 0 saturated carbocycles. The maximum Gasteiger partial charge on any atom is 0.229 e. The molecule has 1 N–H and O–H groups in total. The standard InChI is InChI=1S/C21H22FN3O3/c22-18-3-1-2-4-19(18)25-14-15(13-20(25)26)21(27)23-16-5-7-17(8-6-16)24-9-11-28-12-10-24/h1-8,15H,9-14H2,(H,23,27)/t15-/m1/s1. The molecule has 2 aliphatic heterocycles. The number of rotatable bonds is 4. The number of hydrogen-bond donors (Lipinski definition) is 1. The molecule has 2 saturated heterocycles. The largest absolute Gasteiger partial charge is 0.378 e. The van der Waals surface area contributed by atoms with Crippen molar-refractivity contribution < 1.29 is 18.7 Å². The van der Waals surface area contributed by atoms with Gasteiger partial charge in [-0.3, -0.25) is 9.59 Å². The van der Waals surface area contributed by atoms with Crippen LogP contribution in [0, 0.1) is 11.7 Å². The number of ether oxygens (including phenoxy) is 1. The van der Waals surface area contributed by atoms with Crippen molar-refractivity contribution in [2.45, 2.75) is 6.42 Å². The van der Waals surface area contributed by atoms with Gasteiger partial charge in [-0.05, 0) is 36.4 Å². The van der Waals surface area contributed by atoms with Gasteiger partial charge in [0.05, 0.1) is 24.8 Å². The van der Waals surface area contributed by atoms with Crippen LogP contribution in [0.15, 0.2) is 48.5 Å². The van der Waals surface area contributed by atoms with Crippen molar-refractivity contribution >= 4 is 28.9 Å². The third-order valence-corrected chi connectivity index (χ3v) is 5.15. The van der Waals surface area contributed by atoms with Crippen molar-refractivity contribution in [3.63, 3.8) is 0 Å². The molecule has 2 aliphatic rings. The highest BCUT2D eigenvalue weighted by Crippen LogP contribution is 2.28. The second-order valence-electron chi connectivity index (χ2n) is 6.99. The second-order valence-corrected chi connectivity index (χ2v) is 6.99. The number of anilines is 3. The summed E-state index contributed by atoms with van der Waals surface area (Å²) < 4.78 is 19.3. The first-order valence-corrected chi connectivity index (χ1v) is 9.40. The van der Waals surface area contributed by atoms with Gasteiger partial charge in [0.25, 0.3) is 0 Å². The summed E-state index contributed by atoms with van der Waals surface area (Å²) in [5.74, 6) is -1.44. The van der Waals surface area contributed by atoms with Gasteiger partial charge >= 0.3 is 0 Å². The third kappa shape index (κ3) is 3.84. The molecule has 2 heterocycles. The first-order chi connectivity index (χ1) is 13.6. The molecule has 0 aromatic heterocycles. The Morgan fingerprint density at radius 2 is 1.79 bits per heavy atom. The zero-order valence-corrected chi connectivity index (χ0v) is 15.4. The SMILES string of the molecule is O=C(Nc1ccc(N2CCOCC2)cc1)[C@@H]1CC(=O)N(c2ccccc2F)C1. The van der Waals surface area contributed by atoms with Crippen LogP contribution in [-0.4, -0.2) is 44.7 Å². The number of nitrogens with zero attached hydrogens (tertiary/aromatic N) is 2. The molecule has 0 unspecified atom stereocenters. The zero-order valence-electron chi connectivity index (χ0n) is 15.4. The third-order valence-electron chi connectivity index (χ3n) is 5.15. The van der Waals surface area contributed by atoms with E-state index in [4.69, 9.17) is 4.74 Å². The lowest BCUT2D eigenvalue weighted by molar-refractivity contribution is -0.122. The predicted molar refractivity (Wildman–Crippen MR) is 105 cm³/mol. The quantitative estimate of drug-likeness (QED) is 0.882. The average molecular weight is 383 g/mol. The summed E-state index contributed by atoms with van der Waals surface area (Å²) in [5.41, 5.74) is 1.99. The minimum absolute atomic E-state index is 0.0754. The summed E-state index contributed by atoms with van der Waals surface area (Å²) in [6.45, 7) is 3.31. The topological polar surface area (TPSA) is 61.9 Å². The molecule has 28 heavy (non-hydrogen) atoms. The number of benzene rings is 2. The van der Waals surface area contributed by atoms with Crippen LogP contribution < -0.4 is 15.1 Å². The van der Waals surface area contributed by atoms with Gasteiger partial charge in [-0.15, -0.1) is 0 Å². The Labute approximate surface area is 162 Å². The first-order valence-electron chi connectivity index (χ1n) is 9.40. The minimum Gasteiger partial charge on any atom is -0.378 e. The van der Waals surface area contributed by atoms with Gasteiger partial charge in [-0.1, -0.05) is 12.1 Å². The van der Waals surface area contributed by atoms with E-state index in [2.05, 4.69) is 10.2 Å². The van der Waals surface area contributed by atoms with Crippen LogP contribution in [0.25, 0.3) is 0 Å². The van der Waals surface area contributed by atoms with Gasteiger partial charge in [0, 0.05) is 37.4 Å². The molecule has 0 radical (unpaired) electrons. The van der Waals surface area contributed by atoms with Crippen molar-refractivity contribution in [1.29, 1.82) is 0 Å². The number of amides is 2. The van der Waals surface area contributed by atoms with E-state index < -0.39 is 11.7 Å². The predicted octanol–water partition coefficient (Wildman–Crippen LogP) is 2.65. The van der Waals surface area contributed by atoms with E-state index in [9.17, 15) is 14.0 Å². The van der Waals surface area contributed by atoms with Gasteiger partial charge in [-0.25, -0.2) is 4.39 Å². The lowest BCUT2D eigenvalue weighted by Gasteiger charge is -2.28. The summed E-state index contributed by atoms with van der Waals surface area (Å²) in [5, 5.41) is 2.87. The molecule has 2 aromatic rings. The Bertz CT molecular complexity index is 865. The number of nitrogens with one attached hydrogen (secondary N) is 1. The van der Waals surface area contributed by atoms with E-state index in [1.54, 1.807) is 18.2 Å². The van der Waals surface area contributed by atoms with E-state index in [1.807, 2.05) is 24.3 Å². The van der Waals surface area contributed by atoms with Crippen molar-refractivity contribution in [1.82, 2.24) is 0 Å². The van der Waals surface area contributed by atoms with E-state index >= 15 is 0 Å². The maximum absolute atomic E-state index is 14.0. The molecule has 2 aromatic carbocycles. The van der Waals surface area contributed by atoms with Crippen molar-refractivity contribution in [3.8, 4) is 0 Å². The van der Waals surface area contributed by atoms with E-state index in [1.165, 1.54) is 11.0 Å². The van der Waals surface area contributed by atoms with E-state index in [-0.39, 0.29) is 30.5 Å². The Kier molecular flexibility index (Phi) is 5.25. The van der Waals surface area contributed by atoms with Gasteiger partial charge in [0.1, 0.15) is 5.82 Å². The Hall–Kier alpha value is -2.93. The summed E-state index contributed by atoms with van der Waals surface area (Å²) in [6.07, 6.45) is 0.0754. The minimum atomic E-state index is -0.508. The lowest BCUT2D eigenvalue weighted by Crippen LogP contribution is -2.36. The highest BCUT2D eigenvalue weighted by molar-refractivity contribution is 6.03. The maximum atomic E-state index is 14.0. The fourth-order valence-electron chi connectivity index (χ4n) is 3.61. The van der Waals surface area contributed by atoms with E-state index in [0.29, 0.717) is 18.9 Å². The molecular formula is C21H22FN3O3. The van der Waals surface area contributed by atoms with Crippen LogP contribution in [0.2, 0.25) is 0 Å². The van der Waals surface area contributed by atoms with Crippen LogP contribution in [0.1, 0.15) is 6.42 Å². The number of hydrogen-bond acceptors (Lipinski definition) is 4. The molecule has 6 nitrogen and oxygen atoms in total.